The average Bonchev–Trinajstić information content (AvgIpc) is 2.69. The van der Waals surface area contributed by atoms with Crippen molar-refractivity contribution in [3.8, 4) is 0 Å². The maximum atomic E-state index is 13.1. The first-order valence-electron chi connectivity index (χ1n) is 10.2. The van der Waals surface area contributed by atoms with Crippen LogP contribution in [-0.4, -0.2) is 29.0 Å². The highest BCUT2D eigenvalue weighted by Gasteiger charge is 2.19. The van der Waals surface area contributed by atoms with Gasteiger partial charge in [0, 0.05) is 24.8 Å². The zero-order valence-corrected chi connectivity index (χ0v) is 17.2. The van der Waals surface area contributed by atoms with E-state index < -0.39 is 0 Å². The van der Waals surface area contributed by atoms with Gasteiger partial charge in [0.05, 0.1) is 0 Å². The zero-order chi connectivity index (χ0) is 19.9. The summed E-state index contributed by atoms with van der Waals surface area (Å²) in [7, 11) is 0. The van der Waals surface area contributed by atoms with Crippen LogP contribution in [0.2, 0.25) is 0 Å². The molecule has 0 saturated heterocycles. The smallest absolute Gasteiger partial charge is 0.277 e. The number of allylic oxidation sites excluding steroid dienone is 1. The van der Waals surface area contributed by atoms with Gasteiger partial charge in [-0.05, 0) is 70.6 Å². The number of carbonyl (C=O) groups is 1. The van der Waals surface area contributed by atoms with E-state index in [0.717, 1.165) is 24.2 Å². The van der Waals surface area contributed by atoms with Crippen LogP contribution in [0.5, 0.6) is 0 Å². The summed E-state index contributed by atoms with van der Waals surface area (Å²) in [6, 6.07) is 9.74. The van der Waals surface area contributed by atoms with Crippen LogP contribution >= 0.6 is 0 Å². The maximum Gasteiger partial charge on any atom is 0.277 e. The molecule has 0 aliphatic heterocycles. The van der Waals surface area contributed by atoms with Crippen molar-refractivity contribution in [1.29, 1.82) is 0 Å². The lowest BCUT2D eigenvalue weighted by Crippen LogP contribution is -2.31. The quantitative estimate of drug-likeness (QED) is 0.684. The summed E-state index contributed by atoms with van der Waals surface area (Å²) in [5.74, 6) is 1.22. The molecule has 0 bridgehead atoms. The highest BCUT2D eigenvalue weighted by atomic mass is 16.2. The molecule has 0 atom stereocenters. The van der Waals surface area contributed by atoms with E-state index in [9.17, 15) is 4.79 Å². The second-order valence-corrected chi connectivity index (χ2v) is 7.36. The van der Waals surface area contributed by atoms with Gasteiger partial charge < -0.3 is 10.2 Å². The van der Waals surface area contributed by atoms with Gasteiger partial charge in [-0.1, -0.05) is 23.8 Å². The highest BCUT2D eigenvalue weighted by molar-refractivity contribution is 6.05. The summed E-state index contributed by atoms with van der Waals surface area (Å²) in [4.78, 5) is 23.7. The summed E-state index contributed by atoms with van der Waals surface area (Å²) in [5.41, 5.74) is 3.97. The fraction of sp³-hybridized carbons (Fsp3) is 0.435. The van der Waals surface area contributed by atoms with Crippen LogP contribution in [0.1, 0.15) is 60.9 Å². The molecule has 2 aromatic rings. The zero-order valence-electron chi connectivity index (χ0n) is 17.2. The number of nitrogens with zero attached hydrogens (tertiary/aromatic N) is 3. The van der Waals surface area contributed by atoms with Crippen molar-refractivity contribution in [3.05, 3.63) is 59.1 Å². The van der Waals surface area contributed by atoms with E-state index in [1.807, 2.05) is 45.0 Å². The number of nitrogens with one attached hydrogen (secondary N) is 1. The van der Waals surface area contributed by atoms with Gasteiger partial charge in [0.1, 0.15) is 17.3 Å². The molecule has 1 amide bonds. The minimum Gasteiger partial charge on any atom is -0.370 e. The van der Waals surface area contributed by atoms with Crippen LogP contribution in [0.25, 0.3) is 0 Å². The minimum absolute atomic E-state index is 0.100. The molecule has 0 unspecified atom stereocenters. The summed E-state index contributed by atoms with van der Waals surface area (Å²) in [5, 5.41) is 3.37. The molecule has 1 aliphatic rings. The second-order valence-electron chi connectivity index (χ2n) is 7.36. The van der Waals surface area contributed by atoms with Gasteiger partial charge in [-0.25, -0.2) is 9.97 Å². The Morgan fingerprint density at radius 3 is 2.75 bits per heavy atom. The van der Waals surface area contributed by atoms with Gasteiger partial charge in [-0.2, -0.15) is 0 Å². The molecule has 148 valence electrons. The number of rotatable bonds is 7. The van der Waals surface area contributed by atoms with E-state index in [2.05, 4.69) is 21.4 Å². The Morgan fingerprint density at radius 1 is 1.18 bits per heavy atom. The Morgan fingerprint density at radius 2 is 2.04 bits per heavy atom. The molecule has 28 heavy (non-hydrogen) atoms. The molecule has 1 N–H and O–H groups in total. The standard InChI is InChI=1S/C23H30N4O/c1-4-27(20-12-8-9-17(2)15-20)23(28)21-16-22(26-18(3)25-21)24-14-13-19-10-6-5-7-11-19/h8-10,12,15-16H,4-7,11,13-14H2,1-3H3,(H,24,25,26). The monoisotopic (exact) mass is 378 g/mol. The average molecular weight is 379 g/mol. The van der Waals surface area contributed by atoms with Gasteiger partial charge in [-0.3, -0.25) is 4.79 Å². The van der Waals surface area contributed by atoms with Crippen molar-refractivity contribution in [2.24, 2.45) is 0 Å². The maximum absolute atomic E-state index is 13.1. The molecule has 0 saturated carbocycles. The molecule has 1 aromatic heterocycles. The molecule has 3 rings (SSSR count). The third-order valence-corrected chi connectivity index (χ3v) is 5.07. The van der Waals surface area contributed by atoms with Crippen molar-refractivity contribution >= 4 is 17.4 Å². The van der Waals surface area contributed by atoms with Crippen molar-refractivity contribution in [3.63, 3.8) is 0 Å². The third-order valence-electron chi connectivity index (χ3n) is 5.07. The fourth-order valence-electron chi connectivity index (χ4n) is 3.63. The number of amides is 1. The lowest BCUT2D eigenvalue weighted by Gasteiger charge is -2.21. The van der Waals surface area contributed by atoms with Gasteiger partial charge in [-0.15, -0.1) is 0 Å². The molecule has 1 aliphatic carbocycles. The van der Waals surface area contributed by atoms with Crippen molar-refractivity contribution in [1.82, 2.24) is 9.97 Å². The predicted octanol–water partition coefficient (Wildman–Crippen LogP) is 5.06. The van der Waals surface area contributed by atoms with Crippen molar-refractivity contribution in [2.45, 2.75) is 52.9 Å². The van der Waals surface area contributed by atoms with E-state index in [1.165, 1.54) is 31.3 Å². The lowest BCUT2D eigenvalue weighted by molar-refractivity contribution is 0.0983. The fourth-order valence-corrected chi connectivity index (χ4v) is 3.63. The number of anilines is 2. The number of aromatic nitrogens is 2. The van der Waals surface area contributed by atoms with Gasteiger partial charge in [0.2, 0.25) is 0 Å². The van der Waals surface area contributed by atoms with Crippen LogP contribution in [0.15, 0.2) is 42.0 Å². The summed E-state index contributed by atoms with van der Waals surface area (Å²) in [6.45, 7) is 7.24. The Balaban J connectivity index is 1.72. The molecule has 1 heterocycles. The molecular formula is C23H30N4O. The van der Waals surface area contributed by atoms with Crippen LogP contribution in [-0.2, 0) is 0 Å². The third kappa shape index (κ3) is 5.18. The van der Waals surface area contributed by atoms with Gasteiger partial charge in [0.25, 0.3) is 5.91 Å². The molecular weight excluding hydrogens is 348 g/mol. The van der Waals surface area contributed by atoms with E-state index in [0.29, 0.717) is 23.9 Å². The predicted molar refractivity (Wildman–Crippen MR) is 115 cm³/mol. The van der Waals surface area contributed by atoms with Crippen molar-refractivity contribution in [2.75, 3.05) is 23.3 Å². The Kier molecular flexibility index (Phi) is 6.80. The first kappa shape index (κ1) is 20.1. The van der Waals surface area contributed by atoms with Gasteiger partial charge >= 0.3 is 0 Å². The number of hydrogen-bond acceptors (Lipinski definition) is 4. The largest absolute Gasteiger partial charge is 0.370 e. The van der Waals surface area contributed by atoms with E-state index in [1.54, 1.807) is 11.0 Å². The first-order valence-corrected chi connectivity index (χ1v) is 10.2. The van der Waals surface area contributed by atoms with Crippen molar-refractivity contribution < 1.29 is 4.79 Å². The molecule has 5 heteroatoms. The summed E-state index contributed by atoms with van der Waals surface area (Å²) in [6.07, 6.45) is 8.40. The lowest BCUT2D eigenvalue weighted by atomic mass is 9.97. The van der Waals surface area contributed by atoms with E-state index >= 15 is 0 Å². The van der Waals surface area contributed by atoms with E-state index in [-0.39, 0.29) is 5.91 Å². The molecule has 5 nitrogen and oxygen atoms in total. The van der Waals surface area contributed by atoms with Crippen LogP contribution in [0.4, 0.5) is 11.5 Å². The Labute approximate surface area is 167 Å². The SMILES string of the molecule is CCN(C(=O)c1cc(NCCC2=CCCCC2)nc(C)n1)c1cccc(C)c1. The van der Waals surface area contributed by atoms with E-state index in [4.69, 9.17) is 0 Å². The summed E-state index contributed by atoms with van der Waals surface area (Å²) < 4.78 is 0. The summed E-state index contributed by atoms with van der Waals surface area (Å²) >= 11 is 0. The number of benzene rings is 1. The van der Waals surface area contributed by atoms with Crippen LogP contribution in [0, 0.1) is 13.8 Å². The number of aryl methyl sites for hydroxylation is 2. The Hall–Kier alpha value is -2.69. The highest BCUT2D eigenvalue weighted by Crippen LogP contribution is 2.21. The second kappa shape index (κ2) is 9.49. The normalized spacial score (nSPS) is 13.8. The Bertz CT molecular complexity index is 859. The number of carbonyl (C=O) groups excluding carboxylic acids is 1. The number of hydrogen-bond donors (Lipinski definition) is 1. The van der Waals surface area contributed by atoms with Crippen LogP contribution < -0.4 is 10.2 Å². The molecule has 0 fully saturated rings. The van der Waals surface area contributed by atoms with Crippen LogP contribution in [0.3, 0.4) is 0 Å². The first-order chi connectivity index (χ1) is 13.6. The molecule has 1 aromatic carbocycles. The van der Waals surface area contributed by atoms with Gasteiger partial charge in [0.15, 0.2) is 0 Å². The minimum atomic E-state index is -0.100. The molecule has 0 spiro atoms. The molecule has 0 radical (unpaired) electrons. The topological polar surface area (TPSA) is 58.1 Å².